The first-order chi connectivity index (χ1) is 9.72. The van der Waals surface area contributed by atoms with Crippen LogP contribution >= 0.6 is 0 Å². The Balaban J connectivity index is 1.59. The molecule has 1 amide bonds. The number of aromatic nitrogens is 2. The van der Waals surface area contributed by atoms with Crippen LogP contribution in [0.2, 0.25) is 0 Å². The molecule has 0 radical (unpaired) electrons. The molecule has 1 saturated heterocycles. The monoisotopic (exact) mass is 272 g/mol. The second-order valence-electron chi connectivity index (χ2n) is 5.41. The van der Waals surface area contributed by atoms with Gasteiger partial charge in [0.1, 0.15) is 5.82 Å². The number of carbonyl (C=O) groups is 1. The number of benzene rings is 1. The van der Waals surface area contributed by atoms with Gasteiger partial charge in [-0.05, 0) is 31.5 Å². The summed E-state index contributed by atoms with van der Waals surface area (Å²) in [6.45, 7) is 3.93. The van der Waals surface area contributed by atoms with Crippen molar-refractivity contribution in [1.82, 2.24) is 20.6 Å². The van der Waals surface area contributed by atoms with Crippen LogP contribution in [0.25, 0.3) is 11.0 Å². The maximum absolute atomic E-state index is 11.9. The minimum atomic E-state index is 0.107. The third-order valence-corrected chi connectivity index (χ3v) is 3.78. The lowest BCUT2D eigenvalue weighted by atomic mass is 10.2. The highest BCUT2D eigenvalue weighted by Gasteiger charge is 2.16. The Morgan fingerprint density at radius 3 is 3.15 bits per heavy atom. The molecule has 3 N–H and O–H groups in total. The molecule has 1 aromatic heterocycles. The number of hydrogen-bond donors (Lipinski definition) is 3. The maximum atomic E-state index is 11.9. The van der Waals surface area contributed by atoms with E-state index in [4.69, 9.17) is 0 Å². The number of nitrogens with zero attached hydrogens (tertiary/aromatic N) is 1. The molecule has 0 aliphatic carbocycles. The van der Waals surface area contributed by atoms with Crippen molar-refractivity contribution in [2.24, 2.45) is 0 Å². The van der Waals surface area contributed by atoms with E-state index in [0.717, 1.165) is 41.9 Å². The lowest BCUT2D eigenvalue weighted by molar-refractivity contribution is -0.121. The first kappa shape index (κ1) is 13.1. The van der Waals surface area contributed by atoms with E-state index in [0.29, 0.717) is 18.9 Å². The van der Waals surface area contributed by atoms with Gasteiger partial charge in [0.05, 0.1) is 11.0 Å². The summed E-state index contributed by atoms with van der Waals surface area (Å²) in [5.74, 6) is 0.991. The summed E-state index contributed by atoms with van der Waals surface area (Å²) in [5, 5.41) is 6.29. The fraction of sp³-hybridized carbons (Fsp3) is 0.467. The first-order valence-electron chi connectivity index (χ1n) is 7.16. The standard InChI is InChI=1S/C15H20N4O/c1-10-3-2-4-12-15(10)19-13(18-12)5-6-14(20)17-11-7-8-16-9-11/h2-4,11,16H,5-9H2,1H3,(H,17,20)(H,18,19). The summed E-state index contributed by atoms with van der Waals surface area (Å²) in [7, 11) is 0. The highest BCUT2D eigenvalue weighted by atomic mass is 16.1. The van der Waals surface area contributed by atoms with Crippen LogP contribution in [0.1, 0.15) is 24.2 Å². The van der Waals surface area contributed by atoms with Crippen LogP contribution in [0.3, 0.4) is 0 Å². The van der Waals surface area contributed by atoms with Crippen molar-refractivity contribution in [3.05, 3.63) is 29.6 Å². The van der Waals surface area contributed by atoms with Gasteiger partial charge in [-0.15, -0.1) is 0 Å². The fourth-order valence-corrected chi connectivity index (χ4v) is 2.65. The van der Waals surface area contributed by atoms with Gasteiger partial charge in [-0.25, -0.2) is 4.98 Å². The third-order valence-electron chi connectivity index (χ3n) is 3.78. The van der Waals surface area contributed by atoms with E-state index in [1.165, 1.54) is 0 Å². The summed E-state index contributed by atoms with van der Waals surface area (Å²) >= 11 is 0. The van der Waals surface area contributed by atoms with E-state index in [1.807, 2.05) is 25.1 Å². The average Bonchev–Trinajstić information content (AvgIpc) is 3.06. The van der Waals surface area contributed by atoms with E-state index in [1.54, 1.807) is 0 Å². The SMILES string of the molecule is Cc1cccc2[nH]c(CCC(=O)NC3CCNC3)nc12. The van der Waals surface area contributed by atoms with E-state index < -0.39 is 0 Å². The summed E-state index contributed by atoms with van der Waals surface area (Å²) in [6, 6.07) is 6.37. The van der Waals surface area contributed by atoms with Gasteiger partial charge < -0.3 is 15.6 Å². The molecule has 5 nitrogen and oxygen atoms in total. The number of aryl methyl sites for hydroxylation is 2. The Labute approximate surface area is 118 Å². The van der Waals surface area contributed by atoms with Gasteiger partial charge in [-0.3, -0.25) is 4.79 Å². The lowest BCUT2D eigenvalue weighted by Crippen LogP contribution is -2.36. The zero-order valence-electron chi connectivity index (χ0n) is 11.7. The molecular weight excluding hydrogens is 252 g/mol. The Hall–Kier alpha value is -1.88. The minimum Gasteiger partial charge on any atom is -0.352 e. The second kappa shape index (κ2) is 5.63. The van der Waals surface area contributed by atoms with Crippen LogP contribution in [-0.4, -0.2) is 35.0 Å². The Kier molecular flexibility index (Phi) is 3.69. The lowest BCUT2D eigenvalue weighted by Gasteiger charge is -2.10. The zero-order chi connectivity index (χ0) is 13.9. The summed E-state index contributed by atoms with van der Waals surface area (Å²) in [6.07, 6.45) is 2.16. The van der Waals surface area contributed by atoms with Crippen molar-refractivity contribution >= 4 is 16.9 Å². The molecule has 0 bridgehead atoms. The van der Waals surface area contributed by atoms with Crippen LogP contribution in [-0.2, 0) is 11.2 Å². The molecule has 0 spiro atoms. The molecule has 1 aliphatic rings. The van der Waals surface area contributed by atoms with Crippen molar-refractivity contribution in [2.75, 3.05) is 13.1 Å². The first-order valence-corrected chi connectivity index (χ1v) is 7.16. The van der Waals surface area contributed by atoms with Crippen molar-refractivity contribution in [2.45, 2.75) is 32.2 Å². The average molecular weight is 272 g/mol. The van der Waals surface area contributed by atoms with E-state index >= 15 is 0 Å². The molecule has 0 saturated carbocycles. The summed E-state index contributed by atoms with van der Waals surface area (Å²) < 4.78 is 0. The van der Waals surface area contributed by atoms with Gasteiger partial charge in [0, 0.05) is 25.4 Å². The minimum absolute atomic E-state index is 0.107. The normalized spacial score (nSPS) is 18.6. The molecule has 1 unspecified atom stereocenters. The predicted molar refractivity (Wildman–Crippen MR) is 78.6 cm³/mol. The van der Waals surface area contributed by atoms with Crippen LogP contribution in [0.4, 0.5) is 0 Å². The van der Waals surface area contributed by atoms with Gasteiger partial charge in [0.25, 0.3) is 0 Å². The highest BCUT2D eigenvalue weighted by molar-refractivity contribution is 5.79. The number of H-pyrrole nitrogens is 1. The number of nitrogens with one attached hydrogen (secondary N) is 3. The predicted octanol–water partition coefficient (Wildman–Crippen LogP) is 1.28. The molecule has 2 heterocycles. The van der Waals surface area contributed by atoms with Gasteiger partial charge in [0.15, 0.2) is 0 Å². The number of amides is 1. The van der Waals surface area contributed by atoms with Crippen molar-refractivity contribution in [3.8, 4) is 0 Å². The topological polar surface area (TPSA) is 69.8 Å². The summed E-state index contributed by atoms with van der Waals surface area (Å²) in [5.41, 5.74) is 3.20. The Morgan fingerprint density at radius 1 is 1.50 bits per heavy atom. The second-order valence-corrected chi connectivity index (χ2v) is 5.41. The van der Waals surface area contributed by atoms with E-state index in [2.05, 4.69) is 20.6 Å². The van der Waals surface area contributed by atoms with Crippen LogP contribution in [0, 0.1) is 6.92 Å². The summed E-state index contributed by atoms with van der Waals surface area (Å²) in [4.78, 5) is 19.7. The van der Waals surface area contributed by atoms with Gasteiger partial charge in [0.2, 0.25) is 5.91 Å². The largest absolute Gasteiger partial charge is 0.352 e. The number of imidazole rings is 1. The molecule has 1 aliphatic heterocycles. The van der Waals surface area contributed by atoms with Gasteiger partial charge in [-0.2, -0.15) is 0 Å². The Bertz CT molecular complexity index is 613. The van der Waals surface area contributed by atoms with E-state index in [-0.39, 0.29) is 5.91 Å². The zero-order valence-corrected chi connectivity index (χ0v) is 11.7. The smallest absolute Gasteiger partial charge is 0.220 e. The van der Waals surface area contributed by atoms with Gasteiger partial charge in [-0.1, -0.05) is 12.1 Å². The van der Waals surface area contributed by atoms with Crippen molar-refractivity contribution < 1.29 is 4.79 Å². The maximum Gasteiger partial charge on any atom is 0.220 e. The fourth-order valence-electron chi connectivity index (χ4n) is 2.65. The van der Waals surface area contributed by atoms with Crippen LogP contribution < -0.4 is 10.6 Å². The number of aromatic amines is 1. The molecule has 3 rings (SSSR count). The third kappa shape index (κ3) is 2.82. The van der Waals surface area contributed by atoms with Gasteiger partial charge >= 0.3 is 0 Å². The number of rotatable bonds is 4. The Morgan fingerprint density at radius 2 is 2.40 bits per heavy atom. The quantitative estimate of drug-likeness (QED) is 0.785. The number of carbonyl (C=O) groups excluding carboxylic acids is 1. The molecule has 20 heavy (non-hydrogen) atoms. The molecular formula is C15H20N4O. The van der Waals surface area contributed by atoms with E-state index in [9.17, 15) is 4.79 Å². The van der Waals surface area contributed by atoms with Crippen molar-refractivity contribution in [3.63, 3.8) is 0 Å². The van der Waals surface area contributed by atoms with Crippen LogP contribution in [0.15, 0.2) is 18.2 Å². The van der Waals surface area contributed by atoms with Crippen molar-refractivity contribution in [1.29, 1.82) is 0 Å². The molecule has 1 fully saturated rings. The molecule has 5 heteroatoms. The van der Waals surface area contributed by atoms with Crippen LogP contribution in [0.5, 0.6) is 0 Å². The molecule has 1 atom stereocenters. The molecule has 2 aromatic rings. The number of para-hydroxylation sites is 1. The number of fused-ring (bicyclic) bond motifs is 1. The number of hydrogen-bond acceptors (Lipinski definition) is 3. The molecule has 106 valence electrons. The highest BCUT2D eigenvalue weighted by Crippen LogP contribution is 2.16. The molecule has 1 aromatic carbocycles.